The van der Waals surface area contributed by atoms with Crippen molar-refractivity contribution in [2.24, 2.45) is 0 Å². The van der Waals surface area contributed by atoms with E-state index in [0.717, 1.165) is 11.1 Å². The lowest BCUT2D eigenvalue weighted by Gasteiger charge is -2.15. The number of aliphatic carboxylic acids is 1. The van der Waals surface area contributed by atoms with Crippen LogP contribution in [0.2, 0.25) is 0 Å². The molecule has 0 saturated heterocycles. The van der Waals surface area contributed by atoms with Gasteiger partial charge in [-0.25, -0.2) is 4.79 Å². The molecule has 5 heteroatoms. The fourth-order valence-electron chi connectivity index (χ4n) is 2.21. The summed E-state index contributed by atoms with van der Waals surface area (Å²) in [6, 6.07) is 18.0. The highest BCUT2D eigenvalue weighted by Gasteiger charge is 2.20. The summed E-state index contributed by atoms with van der Waals surface area (Å²) >= 11 is 0. The van der Waals surface area contributed by atoms with Crippen LogP contribution in [0, 0.1) is 0 Å². The van der Waals surface area contributed by atoms with Gasteiger partial charge in [0.1, 0.15) is 0 Å². The lowest BCUT2D eigenvalue weighted by Crippen LogP contribution is -2.44. The van der Waals surface area contributed by atoms with E-state index in [2.05, 4.69) is 5.32 Å². The Balaban J connectivity index is 1.75. The Morgan fingerprint density at radius 3 is 2.12 bits per heavy atom. The summed E-state index contributed by atoms with van der Waals surface area (Å²) in [6.45, 7) is 0.242. The van der Waals surface area contributed by atoms with Crippen LogP contribution in [0.4, 0.5) is 0 Å². The highest BCUT2D eigenvalue weighted by molar-refractivity contribution is 5.83. The molecule has 0 saturated carbocycles. The van der Waals surface area contributed by atoms with Gasteiger partial charge < -0.3 is 15.2 Å². The molecule has 2 rings (SSSR count). The second-order valence-corrected chi connectivity index (χ2v) is 5.44. The fraction of sp³-hybridized carbons (Fsp3) is 0.263. The van der Waals surface area contributed by atoms with Crippen LogP contribution in [0.3, 0.4) is 0 Å². The van der Waals surface area contributed by atoms with Crippen molar-refractivity contribution in [3.05, 3.63) is 71.8 Å². The van der Waals surface area contributed by atoms with Crippen molar-refractivity contribution in [3.8, 4) is 0 Å². The van der Waals surface area contributed by atoms with E-state index in [1.807, 2.05) is 60.7 Å². The van der Waals surface area contributed by atoms with Crippen LogP contribution >= 0.6 is 0 Å². The largest absolute Gasteiger partial charge is 0.480 e. The number of amides is 1. The molecule has 0 heterocycles. The first-order valence-electron chi connectivity index (χ1n) is 7.83. The third-order valence-electron chi connectivity index (χ3n) is 3.51. The molecule has 0 radical (unpaired) electrons. The Morgan fingerprint density at radius 1 is 0.958 bits per heavy atom. The summed E-state index contributed by atoms with van der Waals surface area (Å²) in [5, 5.41) is 11.7. The Morgan fingerprint density at radius 2 is 1.54 bits per heavy atom. The van der Waals surface area contributed by atoms with Gasteiger partial charge in [0.25, 0.3) is 0 Å². The van der Waals surface area contributed by atoms with Crippen molar-refractivity contribution in [1.29, 1.82) is 0 Å². The molecule has 1 amide bonds. The van der Waals surface area contributed by atoms with Gasteiger partial charge in [-0.1, -0.05) is 60.7 Å². The van der Waals surface area contributed by atoms with Crippen LogP contribution in [0.15, 0.2) is 60.7 Å². The van der Waals surface area contributed by atoms with E-state index in [4.69, 9.17) is 4.74 Å². The van der Waals surface area contributed by atoms with Gasteiger partial charge >= 0.3 is 5.97 Å². The van der Waals surface area contributed by atoms with Crippen LogP contribution in [0.25, 0.3) is 0 Å². The molecule has 2 N–H and O–H groups in total. The highest BCUT2D eigenvalue weighted by Crippen LogP contribution is 2.04. The monoisotopic (exact) mass is 327 g/mol. The van der Waals surface area contributed by atoms with Gasteiger partial charge in [-0.15, -0.1) is 0 Å². The van der Waals surface area contributed by atoms with E-state index < -0.39 is 12.0 Å². The quantitative estimate of drug-likeness (QED) is 0.741. The molecule has 0 spiro atoms. The smallest absolute Gasteiger partial charge is 0.328 e. The molecule has 0 aliphatic heterocycles. The molecule has 0 bridgehead atoms. The molecule has 2 aromatic rings. The predicted molar refractivity (Wildman–Crippen MR) is 90.4 cm³/mol. The first-order chi connectivity index (χ1) is 11.6. The van der Waals surface area contributed by atoms with Crippen LogP contribution in [-0.4, -0.2) is 29.6 Å². The highest BCUT2D eigenvalue weighted by atomic mass is 16.5. The molecule has 0 fully saturated rings. The summed E-state index contributed by atoms with van der Waals surface area (Å²) in [5.41, 5.74) is 2.00. The van der Waals surface area contributed by atoms with Gasteiger partial charge in [0.15, 0.2) is 6.04 Å². The summed E-state index contributed by atoms with van der Waals surface area (Å²) in [6.07, 6.45) is 0.816. The average molecular weight is 327 g/mol. The third-order valence-corrected chi connectivity index (χ3v) is 3.51. The van der Waals surface area contributed by atoms with Crippen molar-refractivity contribution >= 4 is 11.9 Å². The van der Waals surface area contributed by atoms with Crippen LogP contribution < -0.4 is 5.32 Å². The average Bonchev–Trinajstić information content (AvgIpc) is 2.61. The lowest BCUT2D eigenvalue weighted by molar-refractivity contribution is -0.143. The van der Waals surface area contributed by atoms with E-state index in [1.54, 1.807) is 0 Å². The normalized spacial score (nSPS) is 11.7. The van der Waals surface area contributed by atoms with E-state index in [-0.39, 0.29) is 18.9 Å². The molecular formula is C19H21NO4. The van der Waals surface area contributed by atoms with Gasteiger partial charge in [0.05, 0.1) is 13.2 Å². The number of hydrogen-bond acceptors (Lipinski definition) is 3. The van der Waals surface area contributed by atoms with Gasteiger partial charge in [-0.3, -0.25) is 4.79 Å². The van der Waals surface area contributed by atoms with Gasteiger partial charge in [0, 0.05) is 6.42 Å². The number of carbonyl (C=O) groups is 2. The molecule has 1 unspecified atom stereocenters. The number of hydrogen-bond donors (Lipinski definition) is 2. The Kier molecular flexibility index (Phi) is 6.98. The second kappa shape index (κ2) is 9.47. The van der Waals surface area contributed by atoms with Crippen molar-refractivity contribution < 1.29 is 19.4 Å². The zero-order chi connectivity index (χ0) is 17.2. The summed E-state index contributed by atoms with van der Waals surface area (Å²) in [5.74, 6) is -1.40. The van der Waals surface area contributed by atoms with Crippen molar-refractivity contribution in [3.63, 3.8) is 0 Å². The minimum absolute atomic E-state index is 0.0682. The molecule has 0 aliphatic rings. The van der Waals surface area contributed by atoms with Crippen LogP contribution in [-0.2, 0) is 27.4 Å². The van der Waals surface area contributed by atoms with Gasteiger partial charge in [-0.2, -0.15) is 0 Å². The number of rotatable bonds is 9. The Bertz CT molecular complexity index is 643. The number of carbonyl (C=O) groups excluding carboxylic acids is 1. The number of benzene rings is 2. The van der Waals surface area contributed by atoms with Crippen LogP contribution in [0.1, 0.15) is 17.5 Å². The third kappa shape index (κ3) is 6.22. The molecule has 2 aromatic carbocycles. The number of carboxylic acid groups (broad SMARTS) is 1. The number of carboxylic acids is 1. The Labute approximate surface area is 141 Å². The molecule has 5 nitrogen and oxygen atoms in total. The SMILES string of the molecule is O=C(CCc1ccccc1)NC(COCc1ccccc1)C(=O)O. The minimum atomic E-state index is -1.10. The predicted octanol–water partition coefficient (Wildman–Crippen LogP) is 2.41. The van der Waals surface area contributed by atoms with Gasteiger partial charge in [0.2, 0.25) is 5.91 Å². The van der Waals surface area contributed by atoms with Crippen molar-refractivity contribution in [2.45, 2.75) is 25.5 Å². The summed E-state index contributed by atoms with van der Waals surface area (Å²) in [7, 11) is 0. The number of nitrogens with one attached hydrogen (secondary N) is 1. The maximum atomic E-state index is 11.9. The first kappa shape index (κ1) is 17.7. The van der Waals surface area contributed by atoms with Crippen molar-refractivity contribution in [2.75, 3.05) is 6.61 Å². The molecule has 0 aliphatic carbocycles. The van der Waals surface area contributed by atoms with E-state index >= 15 is 0 Å². The zero-order valence-electron chi connectivity index (χ0n) is 13.4. The van der Waals surface area contributed by atoms with E-state index in [0.29, 0.717) is 13.0 Å². The zero-order valence-corrected chi connectivity index (χ0v) is 13.4. The molecule has 1 atom stereocenters. The molecular weight excluding hydrogens is 306 g/mol. The maximum Gasteiger partial charge on any atom is 0.328 e. The van der Waals surface area contributed by atoms with Gasteiger partial charge in [-0.05, 0) is 17.5 Å². The summed E-state index contributed by atoms with van der Waals surface area (Å²) in [4.78, 5) is 23.2. The molecule has 0 aromatic heterocycles. The lowest BCUT2D eigenvalue weighted by atomic mass is 10.1. The summed E-state index contributed by atoms with van der Waals surface area (Å²) < 4.78 is 5.41. The molecule has 24 heavy (non-hydrogen) atoms. The Hall–Kier alpha value is -2.66. The molecule has 126 valence electrons. The first-order valence-corrected chi connectivity index (χ1v) is 7.83. The number of aryl methyl sites for hydroxylation is 1. The standard InChI is InChI=1S/C19H21NO4/c21-18(12-11-15-7-3-1-4-8-15)20-17(19(22)23)14-24-13-16-9-5-2-6-10-16/h1-10,17H,11-14H2,(H,20,21)(H,22,23). The van der Waals surface area contributed by atoms with Crippen LogP contribution in [0.5, 0.6) is 0 Å². The fourth-order valence-corrected chi connectivity index (χ4v) is 2.21. The second-order valence-electron chi connectivity index (χ2n) is 5.44. The topological polar surface area (TPSA) is 75.6 Å². The van der Waals surface area contributed by atoms with E-state index in [1.165, 1.54) is 0 Å². The van der Waals surface area contributed by atoms with Crippen molar-refractivity contribution in [1.82, 2.24) is 5.32 Å². The maximum absolute atomic E-state index is 11.9. The number of ether oxygens (including phenoxy) is 1. The minimum Gasteiger partial charge on any atom is -0.480 e. The van der Waals surface area contributed by atoms with E-state index in [9.17, 15) is 14.7 Å².